The Bertz CT molecular complexity index is 1170. The highest BCUT2D eigenvalue weighted by Crippen LogP contribution is 2.38. The second kappa shape index (κ2) is 13.8. The Hall–Kier alpha value is -1.90. The molecule has 0 spiro atoms. The van der Waals surface area contributed by atoms with E-state index in [1.807, 2.05) is 39.3 Å². The monoisotopic (exact) mass is 607 g/mol. The lowest BCUT2D eigenvalue weighted by Crippen LogP contribution is -2.66. The summed E-state index contributed by atoms with van der Waals surface area (Å²) >= 11 is 18.6. The zero-order valence-corrected chi connectivity index (χ0v) is 25.9. The zero-order valence-electron chi connectivity index (χ0n) is 23.6. The summed E-state index contributed by atoms with van der Waals surface area (Å²) in [4.78, 5) is 37.0. The minimum absolute atomic E-state index is 0.0428. The molecule has 0 saturated carbocycles. The number of carbonyl (C=O) groups excluding carboxylic acids is 2. The Balaban J connectivity index is 1.56. The first-order valence-corrected chi connectivity index (χ1v) is 15.3. The molecule has 1 aromatic heterocycles. The first-order chi connectivity index (χ1) is 19.1. The van der Waals surface area contributed by atoms with Crippen molar-refractivity contribution in [3.8, 4) is 0 Å². The van der Waals surface area contributed by atoms with E-state index >= 15 is 0 Å². The quantitative estimate of drug-likeness (QED) is 0.368. The van der Waals surface area contributed by atoms with Crippen molar-refractivity contribution < 1.29 is 9.59 Å². The molecule has 218 valence electrons. The predicted octanol–water partition coefficient (Wildman–Crippen LogP) is 5.74. The van der Waals surface area contributed by atoms with Crippen LogP contribution in [0.15, 0.2) is 36.5 Å². The number of likely N-dealkylation sites (tertiary alicyclic amines) is 1. The third kappa shape index (κ3) is 7.11. The Morgan fingerprint density at radius 1 is 1.07 bits per heavy atom. The molecule has 1 aromatic carbocycles. The molecule has 2 aromatic rings. The number of nitrogens with zero attached hydrogens (tertiary/aromatic N) is 4. The fourth-order valence-corrected chi connectivity index (χ4v) is 6.82. The number of benzene rings is 1. The Morgan fingerprint density at radius 3 is 2.48 bits per heavy atom. The van der Waals surface area contributed by atoms with Gasteiger partial charge in [0.15, 0.2) is 0 Å². The molecule has 4 rings (SSSR count). The Kier molecular flexibility index (Phi) is 10.7. The standard InChI is InChI=1S/C30H40Cl3N5O2/c1-36(2)29(40)30(13-15-34-16-14-30)38-17-5-4-6-24(38)10-7-23(21-8-11-25(31)26(32)18-21)20-37(3)28(39)22-9-12-27(33)35-19-22/h8-9,11-12,18-19,23-24,34H,4-7,10,13-17,20H2,1-3H3. The van der Waals surface area contributed by atoms with E-state index in [1.54, 1.807) is 21.9 Å². The van der Waals surface area contributed by atoms with Gasteiger partial charge in [-0.15, -0.1) is 0 Å². The number of nitrogens with one attached hydrogen (secondary N) is 1. The van der Waals surface area contributed by atoms with E-state index in [2.05, 4.69) is 15.2 Å². The third-order valence-electron chi connectivity index (χ3n) is 8.49. The van der Waals surface area contributed by atoms with Gasteiger partial charge in [-0.1, -0.05) is 47.3 Å². The molecular weight excluding hydrogens is 569 g/mol. The molecule has 2 saturated heterocycles. The van der Waals surface area contributed by atoms with Gasteiger partial charge >= 0.3 is 0 Å². The molecule has 2 atom stereocenters. The SMILES string of the molecule is CN(C)C(=O)C1(N2CCCCC2CCC(CN(C)C(=O)c2ccc(Cl)nc2)c2ccc(Cl)c(Cl)c2)CCNCC1. The minimum Gasteiger partial charge on any atom is -0.347 e. The number of hydrogen-bond acceptors (Lipinski definition) is 5. The summed E-state index contributed by atoms with van der Waals surface area (Å²) < 4.78 is 0. The lowest BCUT2D eigenvalue weighted by Gasteiger charge is -2.51. The molecule has 40 heavy (non-hydrogen) atoms. The number of likely N-dealkylation sites (N-methyl/N-ethyl adjacent to an activating group) is 2. The summed E-state index contributed by atoms with van der Waals surface area (Å²) in [6.07, 6.45) is 8.25. The number of hydrogen-bond donors (Lipinski definition) is 1. The van der Waals surface area contributed by atoms with E-state index in [4.69, 9.17) is 34.8 Å². The summed E-state index contributed by atoms with van der Waals surface area (Å²) in [6, 6.07) is 9.36. The first-order valence-electron chi connectivity index (χ1n) is 14.1. The van der Waals surface area contributed by atoms with E-state index in [0.717, 1.165) is 70.1 Å². The van der Waals surface area contributed by atoms with Gasteiger partial charge in [0.25, 0.3) is 5.91 Å². The van der Waals surface area contributed by atoms with E-state index in [9.17, 15) is 9.59 Å². The molecule has 3 heterocycles. The van der Waals surface area contributed by atoms with Crippen molar-refractivity contribution in [1.29, 1.82) is 0 Å². The van der Waals surface area contributed by atoms with Gasteiger partial charge in [0.1, 0.15) is 10.7 Å². The number of rotatable bonds is 9. The van der Waals surface area contributed by atoms with Gasteiger partial charge in [-0.3, -0.25) is 14.5 Å². The maximum absolute atomic E-state index is 13.6. The number of pyridine rings is 1. The average Bonchev–Trinajstić information content (AvgIpc) is 2.96. The third-order valence-corrected chi connectivity index (χ3v) is 9.45. The maximum atomic E-state index is 13.6. The van der Waals surface area contributed by atoms with E-state index < -0.39 is 5.54 Å². The van der Waals surface area contributed by atoms with Gasteiger partial charge < -0.3 is 15.1 Å². The van der Waals surface area contributed by atoms with Gasteiger partial charge in [-0.2, -0.15) is 0 Å². The van der Waals surface area contributed by atoms with Gasteiger partial charge in [0, 0.05) is 45.8 Å². The normalized spacial score (nSPS) is 20.1. The molecule has 2 aliphatic rings. The summed E-state index contributed by atoms with van der Waals surface area (Å²) in [6.45, 7) is 3.14. The molecule has 0 bridgehead atoms. The second-order valence-electron chi connectivity index (χ2n) is 11.3. The largest absolute Gasteiger partial charge is 0.347 e. The molecular formula is C30H40Cl3N5O2. The smallest absolute Gasteiger partial charge is 0.255 e. The number of halogens is 3. The van der Waals surface area contributed by atoms with Crippen molar-refractivity contribution in [2.75, 3.05) is 47.3 Å². The average molecular weight is 609 g/mol. The van der Waals surface area contributed by atoms with Gasteiger partial charge in [0.2, 0.25) is 5.91 Å². The van der Waals surface area contributed by atoms with Crippen molar-refractivity contribution >= 4 is 46.6 Å². The van der Waals surface area contributed by atoms with E-state index in [0.29, 0.717) is 33.3 Å². The summed E-state index contributed by atoms with van der Waals surface area (Å²) in [5.41, 5.74) is 1.08. The highest BCUT2D eigenvalue weighted by molar-refractivity contribution is 6.42. The molecule has 2 aliphatic heterocycles. The molecule has 2 unspecified atom stereocenters. The number of amides is 2. The highest BCUT2D eigenvalue weighted by Gasteiger charge is 2.48. The molecule has 2 fully saturated rings. The minimum atomic E-state index is -0.465. The van der Waals surface area contributed by atoms with Crippen LogP contribution in [0.4, 0.5) is 0 Å². The van der Waals surface area contributed by atoms with Gasteiger partial charge in [0.05, 0.1) is 15.6 Å². The summed E-state index contributed by atoms with van der Waals surface area (Å²) in [7, 11) is 5.55. The second-order valence-corrected chi connectivity index (χ2v) is 12.5. The van der Waals surface area contributed by atoms with Crippen LogP contribution in [0.2, 0.25) is 15.2 Å². The predicted molar refractivity (Wildman–Crippen MR) is 163 cm³/mol. The van der Waals surface area contributed by atoms with Crippen molar-refractivity contribution in [2.24, 2.45) is 0 Å². The molecule has 2 amide bonds. The first kappa shape index (κ1) is 31.0. The van der Waals surface area contributed by atoms with Crippen molar-refractivity contribution in [3.05, 3.63) is 62.9 Å². The van der Waals surface area contributed by atoms with E-state index in [-0.39, 0.29) is 17.7 Å². The number of carbonyl (C=O) groups is 2. The fourth-order valence-electron chi connectivity index (χ4n) is 6.40. The van der Waals surface area contributed by atoms with Gasteiger partial charge in [-0.05, 0) is 88.0 Å². The molecule has 0 aliphatic carbocycles. The van der Waals surface area contributed by atoms with Crippen LogP contribution in [0, 0.1) is 0 Å². The van der Waals surface area contributed by atoms with Gasteiger partial charge in [-0.25, -0.2) is 4.98 Å². The van der Waals surface area contributed by atoms with Crippen LogP contribution in [-0.2, 0) is 4.79 Å². The van der Waals surface area contributed by atoms with Crippen LogP contribution >= 0.6 is 34.8 Å². The van der Waals surface area contributed by atoms with Crippen LogP contribution in [0.5, 0.6) is 0 Å². The van der Waals surface area contributed by atoms with Crippen molar-refractivity contribution in [3.63, 3.8) is 0 Å². The molecule has 7 nitrogen and oxygen atoms in total. The summed E-state index contributed by atoms with van der Waals surface area (Å²) in [5, 5.41) is 4.81. The number of aromatic nitrogens is 1. The zero-order chi connectivity index (χ0) is 28.9. The van der Waals surface area contributed by atoms with Crippen LogP contribution in [0.3, 0.4) is 0 Å². The number of piperidine rings is 2. The maximum Gasteiger partial charge on any atom is 0.255 e. The highest BCUT2D eigenvalue weighted by atomic mass is 35.5. The molecule has 1 N–H and O–H groups in total. The van der Waals surface area contributed by atoms with Crippen LogP contribution in [-0.4, -0.2) is 90.4 Å². The van der Waals surface area contributed by atoms with Crippen LogP contribution in [0.1, 0.15) is 66.8 Å². The Labute approximate surface area is 253 Å². The Morgan fingerprint density at radius 2 is 1.82 bits per heavy atom. The molecule has 0 radical (unpaired) electrons. The molecule has 10 heteroatoms. The lowest BCUT2D eigenvalue weighted by molar-refractivity contribution is -0.148. The fraction of sp³-hybridized carbons (Fsp3) is 0.567. The van der Waals surface area contributed by atoms with E-state index in [1.165, 1.54) is 6.20 Å². The summed E-state index contributed by atoms with van der Waals surface area (Å²) in [5.74, 6) is 0.142. The lowest BCUT2D eigenvalue weighted by atomic mass is 9.80. The van der Waals surface area contributed by atoms with Crippen LogP contribution in [0.25, 0.3) is 0 Å². The van der Waals surface area contributed by atoms with Crippen molar-refractivity contribution in [2.45, 2.75) is 62.4 Å². The van der Waals surface area contributed by atoms with Crippen LogP contribution < -0.4 is 5.32 Å². The topological polar surface area (TPSA) is 68.8 Å². The van der Waals surface area contributed by atoms with Crippen molar-refractivity contribution in [1.82, 2.24) is 25.0 Å².